The van der Waals surface area contributed by atoms with Crippen LogP contribution in [0.2, 0.25) is 0 Å². The Balaban J connectivity index is 0.00000196. The van der Waals surface area contributed by atoms with Crippen LogP contribution in [0.1, 0.15) is 27.8 Å². The lowest BCUT2D eigenvalue weighted by Gasteiger charge is -2.33. The summed E-state index contributed by atoms with van der Waals surface area (Å²) in [5.74, 6) is -0.948. The Labute approximate surface area is 157 Å². The Hall–Kier alpha value is -2.44. The molecule has 1 fully saturated rings. The molecule has 1 aliphatic heterocycles. The van der Waals surface area contributed by atoms with Crippen molar-refractivity contribution >= 4 is 24.0 Å². The van der Waals surface area contributed by atoms with Crippen LogP contribution in [0.4, 0.5) is 4.39 Å². The number of benzene rings is 1. The number of hydrogen-bond acceptors (Lipinski definition) is 3. The number of carbonyl (C=O) groups is 1. The van der Waals surface area contributed by atoms with Gasteiger partial charge in [0.15, 0.2) is 5.69 Å². The summed E-state index contributed by atoms with van der Waals surface area (Å²) in [6.07, 6.45) is 0. The van der Waals surface area contributed by atoms with Crippen molar-refractivity contribution in [3.05, 3.63) is 71.4 Å². The normalized spacial score (nSPS) is 17.2. The van der Waals surface area contributed by atoms with E-state index in [0.29, 0.717) is 31.0 Å². The first-order valence-corrected chi connectivity index (χ1v) is 8.36. The van der Waals surface area contributed by atoms with E-state index in [-0.39, 0.29) is 30.0 Å². The lowest BCUT2D eigenvalue weighted by Crippen LogP contribution is -2.48. The van der Waals surface area contributed by atoms with E-state index < -0.39 is 5.95 Å². The van der Waals surface area contributed by atoms with E-state index in [4.69, 9.17) is 0 Å². The maximum Gasteiger partial charge on any atom is 0.277 e. The number of halogens is 2. The van der Waals surface area contributed by atoms with Gasteiger partial charge < -0.3 is 10.2 Å². The van der Waals surface area contributed by atoms with Crippen LogP contribution < -0.4 is 5.32 Å². The molecular weight excluding hydrogens is 355 g/mol. The predicted molar refractivity (Wildman–Crippen MR) is 100 cm³/mol. The van der Waals surface area contributed by atoms with Crippen molar-refractivity contribution in [2.75, 3.05) is 19.6 Å². The maximum absolute atomic E-state index is 14.8. The molecule has 1 aromatic carbocycles. The molecule has 1 unspecified atom stereocenters. The van der Waals surface area contributed by atoms with Crippen molar-refractivity contribution in [2.45, 2.75) is 13.0 Å². The molecule has 3 aromatic rings. The number of hydrogen-bond donors (Lipinski definition) is 1. The molecule has 1 aliphatic rings. The first kappa shape index (κ1) is 18.4. The van der Waals surface area contributed by atoms with Crippen molar-refractivity contribution in [3.63, 3.8) is 0 Å². The molecule has 0 saturated carbocycles. The number of amides is 1. The summed E-state index contributed by atoms with van der Waals surface area (Å²) in [4.78, 5) is 18.8. The monoisotopic (exact) mass is 374 g/mol. The average molecular weight is 375 g/mol. The molecule has 1 atom stereocenters. The van der Waals surface area contributed by atoms with Gasteiger partial charge >= 0.3 is 0 Å². The lowest BCUT2D eigenvalue weighted by molar-refractivity contribution is 0.0692. The fourth-order valence-corrected chi connectivity index (χ4v) is 3.34. The molecule has 0 aliphatic carbocycles. The van der Waals surface area contributed by atoms with E-state index in [1.165, 1.54) is 4.40 Å². The highest BCUT2D eigenvalue weighted by Gasteiger charge is 2.29. The molecule has 1 saturated heterocycles. The van der Waals surface area contributed by atoms with Gasteiger partial charge in [0.1, 0.15) is 5.65 Å². The van der Waals surface area contributed by atoms with Crippen molar-refractivity contribution in [1.29, 1.82) is 0 Å². The van der Waals surface area contributed by atoms with Gasteiger partial charge in [0.25, 0.3) is 5.91 Å². The van der Waals surface area contributed by atoms with Gasteiger partial charge in [-0.05, 0) is 24.6 Å². The van der Waals surface area contributed by atoms with Gasteiger partial charge in [-0.15, -0.1) is 12.4 Å². The van der Waals surface area contributed by atoms with Crippen LogP contribution in [0.5, 0.6) is 0 Å². The minimum absolute atomic E-state index is 0. The van der Waals surface area contributed by atoms with Crippen molar-refractivity contribution < 1.29 is 9.18 Å². The fraction of sp³-hybridized carbons (Fsp3) is 0.263. The molecule has 4 rings (SSSR count). The number of carbonyl (C=O) groups excluding carboxylic acids is 1. The molecule has 0 radical (unpaired) electrons. The Morgan fingerprint density at radius 2 is 1.96 bits per heavy atom. The van der Waals surface area contributed by atoms with Crippen molar-refractivity contribution in [2.24, 2.45) is 0 Å². The summed E-state index contributed by atoms with van der Waals surface area (Å²) in [6, 6.07) is 15.3. The van der Waals surface area contributed by atoms with E-state index in [1.807, 2.05) is 36.4 Å². The van der Waals surface area contributed by atoms with Crippen LogP contribution in [0, 0.1) is 12.9 Å². The zero-order valence-corrected chi connectivity index (χ0v) is 15.2. The van der Waals surface area contributed by atoms with Crippen LogP contribution in [-0.2, 0) is 0 Å². The number of nitrogens with one attached hydrogen (secondary N) is 1. The summed E-state index contributed by atoms with van der Waals surface area (Å²) in [5.41, 5.74) is 2.17. The molecule has 0 bridgehead atoms. The third kappa shape index (κ3) is 3.18. The molecule has 5 nitrogen and oxygen atoms in total. The third-order valence-corrected chi connectivity index (χ3v) is 4.65. The molecule has 3 heterocycles. The van der Waals surface area contributed by atoms with E-state index >= 15 is 0 Å². The van der Waals surface area contributed by atoms with Gasteiger partial charge in [0.05, 0.1) is 0 Å². The predicted octanol–water partition coefficient (Wildman–Crippen LogP) is 2.99. The zero-order valence-electron chi connectivity index (χ0n) is 14.4. The van der Waals surface area contributed by atoms with Crippen LogP contribution in [0.3, 0.4) is 0 Å². The van der Waals surface area contributed by atoms with Crippen LogP contribution >= 0.6 is 12.4 Å². The molecule has 1 N–H and O–H groups in total. The quantitative estimate of drug-likeness (QED) is 0.750. The molecule has 1 amide bonds. The van der Waals surface area contributed by atoms with E-state index in [9.17, 15) is 9.18 Å². The largest absolute Gasteiger partial charge is 0.334 e. The second-order valence-corrected chi connectivity index (χ2v) is 6.28. The summed E-state index contributed by atoms with van der Waals surface area (Å²) >= 11 is 0. The highest BCUT2D eigenvalue weighted by Crippen LogP contribution is 2.20. The number of fused-ring (bicyclic) bond motifs is 1. The summed E-state index contributed by atoms with van der Waals surface area (Å²) in [5, 5.41) is 3.41. The van der Waals surface area contributed by atoms with Gasteiger partial charge in [-0.1, -0.05) is 36.4 Å². The zero-order chi connectivity index (χ0) is 17.4. The SMILES string of the molecule is Cc1cccc2nc(C(=O)N3CCNC(c4ccccc4)C3)c(F)n12.Cl. The summed E-state index contributed by atoms with van der Waals surface area (Å²) in [7, 11) is 0. The highest BCUT2D eigenvalue weighted by atomic mass is 35.5. The minimum atomic E-state index is -0.590. The first-order chi connectivity index (χ1) is 12.1. The standard InChI is InChI=1S/C19H19FN4O.ClH/c1-13-6-5-9-16-22-17(18(20)24(13)16)19(25)23-11-10-21-15(12-23)14-7-3-2-4-8-14;/h2-9,15,21H,10-12H2,1H3;1H. The van der Waals surface area contributed by atoms with Crippen LogP contribution in [-0.4, -0.2) is 39.8 Å². The second kappa shape index (κ2) is 7.43. The number of imidazole rings is 1. The lowest BCUT2D eigenvalue weighted by atomic mass is 10.0. The highest BCUT2D eigenvalue weighted by molar-refractivity contribution is 5.93. The third-order valence-electron chi connectivity index (χ3n) is 4.65. The van der Waals surface area contributed by atoms with Gasteiger partial charge in [0, 0.05) is 31.4 Å². The molecule has 26 heavy (non-hydrogen) atoms. The van der Waals surface area contributed by atoms with Crippen molar-refractivity contribution in [3.8, 4) is 0 Å². The molecule has 136 valence electrons. The minimum Gasteiger partial charge on any atom is -0.334 e. The van der Waals surface area contributed by atoms with Gasteiger partial charge in [-0.25, -0.2) is 4.98 Å². The maximum atomic E-state index is 14.8. The second-order valence-electron chi connectivity index (χ2n) is 6.28. The number of nitrogens with zero attached hydrogens (tertiary/aromatic N) is 3. The Morgan fingerprint density at radius 1 is 1.19 bits per heavy atom. The number of aryl methyl sites for hydroxylation is 1. The number of piperazine rings is 1. The Morgan fingerprint density at radius 3 is 2.69 bits per heavy atom. The number of aromatic nitrogens is 2. The number of pyridine rings is 1. The fourth-order valence-electron chi connectivity index (χ4n) is 3.34. The summed E-state index contributed by atoms with van der Waals surface area (Å²) < 4.78 is 16.1. The molecular formula is C19H20ClFN4O. The Bertz CT molecular complexity index is 928. The van der Waals surface area contributed by atoms with Gasteiger partial charge in [-0.3, -0.25) is 9.20 Å². The van der Waals surface area contributed by atoms with Crippen molar-refractivity contribution in [1.82, 2.24) is 19.6 Å². The van der Waals surface area contributed by atoms with E-state index in [2.05, 4.69) is 10.3 Å². The smallest absolute Gasteiger partial charge is 0.277 e. The topological polar surface area (TPSA) is 49.6 Å². The number of rotatable bonds is 2. The molecule has 7 heteroatoms. The molecule has 2 aromatic heterocycles. The Kier molecular flexibility index (Phi) is 5.25. The molecule has 0 spiro atoms. The average Bonchev–Trinajstić information content (AvgIpc) is 3.00. The van der Waals surface area contributed by atoms with Gasteiger partial charge in [-0.2, -0.15) is 4.39 Å². The van der Waals surface area contributed by atoms with Crippen LogP contribution in [0.25, 0.3) is 5.65 Å². The van der Waals surface area contributed by atoms with E-state index in [1.54, 1.807) is 24.0 Å². The van der Waals surface area contributed by atoms with Crippen LogP contribution in [0.15, 0.2) is 48.5 Å². The first-order valence-electron chi connectivity index (χ1n) is 8.36. The van der Waals surface area contributed by atoms with E-state index in [0.717, 1.165) is 5.56 Å². The van der Waals surface area contributed by atoms with Gasteiger partial charge in [0.2, 0.25) is 5.95 Å². The summed E-state index contributed by atoms with van der Waals surface area (Å²) in [6.45, 7) is 3.49.